The van der Waals surface area contributed by atoms with Gasteiger partial charge in [-0.3, -0.25) is 0 Å². The fraction of sp³-hybridized carbons (Fsp3) is 0.107. The third-order valence-corrected chi connectivity index (χ3v) is 12.2. The summed E-state index contributed by atoms with van der Waals surface area (Å²) in [5.41, 5.74) is 17.8. The van der Waals surface area contributed by atoms with E-state index in [9.17, 15) is 0 Å². The molecule has 1 unspecified atom stereocenters. The Bertz CT molecular complexity index is 2840. The van der Waals surface area contributed by atoms with Crippen molar-refractivity contribution in [2.75, 3.05) is 10.2 Å². The number of hydrogen-bond donors (Lipinski definition) is 1. The predicted molar refractivity (Wildman–Crippen MR) is 247 cm³/mol. The van der Waals surface area contributed by atoms with Gasteiger partial charge in [-0.1, -0.05) is 174 Å². The molecule has 10 rings (SSSR count). The number of fused-ring (bicyclic) bond motifs is 4. The molecule has 2 heteroatoms. The van der Waals surface area contributed by atoms with Crippen molar-refractivity contribution in [3.63, 3.8) is 0 Å². The fourth-order valence-electron chi connectivity index (χ4n) is 9.36. The van der Waals surface area contributed by atoms with E-state index in [0.717, 1.165) is 23.5 Å². The van der Waals surface area contributed by atoms with Crippen LogP contribution >= 0.6 is 0 Å². The largest absolute Gasteiger partial charge is 0.368 e. The molecular weight excluding hydrogens is 701 g/mol. The number of rotatable bonds is 7. The molecule has 0 aliphatic heterocycles. The molecule has 0 amide bonds. The molecule has 0 fully saturated rings. The molecule has 0 spiro atoms. The molecule has 2 aliphatic carbocycles. The van der Waals surface area contributed by atoms with Gasteiger partial charge in [-0.2, -0.15) is 0 Å². The van der Waals surface area contributed by atoms with Crippen LogP contribution in [0, 0.1) is 27.7 Å². The van der Waals surface area contributed by atoms with Crippen LogP contribution in [0.4, 0.5) is 22.7 Å². The lowest BCUT2D eigenvalue weighted by Gasteiger charge is -2.46. The predicted octanol–water partition coefficient (Wildman–Crippen LogP) is 14.8. The maximum Gasteiger partial charge on any atom is 0.115 e. The van der Waals surface area contributed by atoms with Gasteiger partial charge in [0.05, 0.1) is 5.69 Å². The maximum absolute atomic E-state index is 4.18. The van der Waals surface area contributed by atoms with Gasteiger partial charge in [0, 0.05) is 27.8 Å². The van der Waals surface area contributed by atoms with Crippen LogP contribution in [0.15, 0.2) is 199 Å². The minimum atomic E-state index is -0.637. The average molecular weight is 747 g/mol. The highest BCUT2D eigenvalue weighted by molar-refractivity contribution is 6.21. The lowest BCUT2D eigenvalue weighted by Crippen LogP contribution is -2.43. The van der Waals surface area contributed by atoms with Crippen LogP contribution in [-0.2, 0) is 5.54 Å². The summed E-state index contributed by atoms with van der Waals surface area (Å²) in [5, 5.41) is 9.09. The van der Waals surface area contributed by atoms with Crippen LogP contribution in [0.2, 0.25) is 0 Å². The first-order valence-electron chi connectivity index (χ1n) is 20.4. The van der Waals surface area contributed by atoms with Gasteiger partial charge in [0.1, 0.15) is 5.54 Å². The Labute approximate surface area is 342 Å². The Morgan fingerprint density at radius 3 is 1.55 bits per heavy atom. The third-order valence-electron chi connectivity index (χ3n) is 12.2. The van der Waals surface area contributed by atoms with E-state index in [1.807, 2.05) is 0 Å². The molecule has 0 saturated heterocycles. The van der Waals surface area contributed by atoms with Gasteiger partial charge in [-0.15, -0.1) is 0 Å². The number of anilines is 4. The van der Waals surface area contributed by atoms with Gasteiger partial charge in [0.25, 0.3) is 0 Å². The smallest absolute Gasteiger partial charge is 0.115 e. The van der Waals surface area contributed by atoms with Crippen LogP contribution in [0.1, 0.15) is 50.9 Å². The summed E-state index contributed by atoms with van der Waals surface area (Å²) >= 11 is 0. The number of benzene rings is 8. The lowest BCUT2D eigenvalue weighted by atomic mass is 9.63. The Kier molecular flexibility index (Phi) is 8.72. The normalized spacial score (nSPS) is 15.9. The first-order chi connectivity index (χ1) is 28.4. The zero-order valence-electron chi connectivity index (χ0n) is 33.6. The van der Waals surface area contributed by atoms with Gasteiger partial charge in [0.15, 0.2) is 0 Å². The number of hydrogen-bond acceptors (Lipinski definition) is 2. The van der Waals surface area contributed by atoms with Crippen molar-refractivity contribution >= 4 is 49.9 Å². The zero-order valence-corrected chi connectivity index (χ0v) is 33.6. The van der Waals surface area contributed by atoms with Crippen molar-refractivity contribution in [2.45, 2.75) is 39.7 Å². The summed E-state index contributed by atoms with van der Waals surface area (Å²) in [4.78, 5) is 2.46. The number of allylic oxidation sites excluding steroid dienone is 3. The van der Waals surface area contributed by atoms with E-state index in [1.165, 1.54) is 88.5 Å². The van der Waals surface area contributed by atoms with E-state index >= 15 is 0 Å². The van der Waals surface area contributed by atoms with Crippen molar-refractivity contribution in [2.24, 2.45) is 0 Å². The molecule has 280 valence electrons. The molecule has 0 saturated carbocycles. The van der Waals surface area contributed by atoms with Gasteiger partial charge >= 0.3 is 0 Å². The summed E-state index contributed by atoms with van der Waals surface area (Å²) in [6.45, 7) is 8.63. The van der Waals surface area contributed by atoms with Gasteiger partial charge < -0.3 is 10.2 Å². The Morgan fingerprint density at radius 2 is 0.983 bits per heavy atom. The van der Waals surface area contributed by atoms with Crippen LogP contribution in [0.3, 0.4) is 0 Å². The minimum absolute atomic E-state index is 0.637. The number of aryl methyl sites for hydroxylation is 4. The van der Waals surface area contributed by atoms with E-state index in [-0.39, 0.29) is 0 Å². The van der Waals surface area contributed by atoms with Crippen molar-refractivity contribution in [1.29, 1.82) is 0 Å². The molecule has 0 heterocycles. The molecule has 2 aliphatic rings. The third kappa shape index (κ3) is 5.79. The summed E-state index contributed by atoms with van der Waals surface area (Å²) in [7, 11) is 0. The zero-order chi connectivity index (χ0) is 39.4. The molecule has 58 heavy (non-hydrogen) atoms. The van der Waals surface area contributed by atoms with Crippen LogP contribution in [0.25, 0.3) is 27.1 Å². The second-order valence-electron chi connectivity index (χ2n) is 16.0. The molecule has 2 nitrogen and oxygen atoms in total. The van der Waals surface area contributed by atoms with E-state index in [2.05, 4.69) is 226 Å². The summed E-state index contributed by atoms with van der Waals surface area (Å²) in [5.74, 6) is 0. The van der Waals surface area contributed by atoms with Crippen LogP contribution in [-0.4, -0.2) is 0 Å². The Balaban J connectivity index is 1.31. The number of nitrogens with zero attached hydrogens (tertiary/aromatic N) is 1. The molecule has 8 aromatic rings. The summed E-state index contributed by atoms with van der Waals surface area (Å²) in [6.07, 6.45) is 7.77. The molecule has 0 bridgehead atoms. The maximum atomic E-state index is 4.18. The minimum Gasteiger partial charge on any atom is -0.368 e. The topological polar surface area (TPSA) is 15.3 Å². The van der Waals surface area contributed by atoms with Crippen molar-refractivity contribution < 1.29 is 0 Å². The number of nitrogens with one attached hydrogen (secondary N) is 1. The van der Waals surface area contributed by atoms with Crippen molar-refractivity contribution in [3.8, 4) is 0 Å². The van der Waals surface area contributed by atoms with Gasteiger partial charge in [-0.05, 0) is 120 Å². The molecule has 0 aromatic heterocycles. The monoisotopic (exact) mass is 746 g/mol. The standard InChI is InChI=1S/C56H46N2/c1-37-21-29-41(30-22-37)56(57-42-31-23-38(2)24-32-42)51-19-11-9-17-49(51)54(50-18-10-12-20-52(50)56)53-45-13-5-7-15-47(45)55(48-16-8-6-14-46(48)53)58(43-33-25-39(3)26-34-43)44-35-27-40(4)28-36-44/h5-17,19-36,57H,18H2,1-4H3. The SMILES string of the molecule is Cc1ccc(NC2(c3ccc(C)cc3)C3=CC=CCC3=C(c3c4ccccc4c(N(c4ccc(C)cc4)c4ccc(C)cc4)c4ccccc34)c3ccccc32)cc1. The molecule has 8 aromatic carbocycles. The lowest BCUT2D eigenvalue weighted by molar-refractivity contribution is 0.683. The fourth-order valence-corrected chi connectivity index (χ4v) is 9.36. The highest BCUT2D eigenvalue weighted by Gasteiger charge is 2.46. The van der Waals surface area contributed by atoms with Crippen LogP contribution < -0.4 is 10.2 Å². The molecule has 1 N–H and O–H groups in total. The molecular formula is C56H46N2. The second-order valence-corrected chi connectivity index (χ2v) is 16.0. The molecule has 0 radical (unpaired) electrons. The first-order valence-corrected chi connectivity index (χ1v) is 20.4. The highest BCUT2D eigenvalue weighted by Crippen LogP contribution is 2.56. The van der Waals surface area contributed by atoms with Crippen LogP contribution in [0.5, 0.6) is 0 Å². The van der Waals surface area contributed by atoms with Gasteiger partial charge in [-0.25, -0.2) is 0 Å². The first kappa shape index (κ1) is 35.5. The average Bonchev–Trinajstić information content (AvgIpc) is 3.26. The van der Waals surface area contributed by atoms with E-state index < -0.39 is 5.54 Å². The summed E-state index contributed by atoms with van der Waals surface area (Å²) < 4.78 is 0. The van der Waals surface area contributed by atoms with Gasteiger partial charge in [0.2, 0.25) is 0 Å². The van der Waals surface area contributed by atoms with E-state index in [0.29, 0.717) is 0 Å². The second kappa shape index (κ2) is 14.2. The van der Waals surface area contributed by atoms with Crippen molar-refractivity contribution in [1.82, 2.24) is 0 Å². The molecule has 1 atom stereocenters. The highest BCUT2D eigenvalue weighted by atomic mass is 15.1. The van der Waals surface area contributed by atoms with E-state index in [4.69, 9.17) is 0 Å². The van der Waals surface area contributed by atoms with E-state index in [1.54, 1.807) is 0 Å². The summed E-state index contributed by atoms with van der Waals surface area (Å²) in [6, 6.07) is 63.2. The Morgan fingerprint density at radius 1 is 0.500 bits per heavy atom. The quantitative estimate of drug-likeness (QED) is 0.163. The Hall–Kier alpha value is -6.90. The van der Waals surface area contributed by atoms with Crippen molar-refractivity contribution in [3.05, 3.63) is 244 Å².